The summed E-state index contributed by atoms with van der Waals surface area (Å²) in [4.78, 5) is 22.5. The molecule has 0 radical (unpaired) electrons. The molecule has 0 aromatic carbocycles. The molecule has 53 heavy (non-hydrogen) atoms. The molecule has 0 saturated carbocycles. The van der Waals surface area contributed by atoms with Gasteiger partial charge in [0.15, 0.2) is 6.10 Å². The van der Waals surface area contributed by atoms with E-state index in [1.165, 1.54) is 154 Å². The third-order valence-corrected chi connectivity index (χ3v) is 10.7. The van der Waals surface area contributed by atoms with Gasteiger partial charge in [-0.05, 0) is 51.0 Å². The maximum atomic E-state index is 12.6. The number of hydrogen-bond acceptors (Lipinski definition) is 7. The Morgan fingerprint density at radius 3 is 1.40 bits per heavy atom. The Labute approximate surface area is 327 Å². The van der Waals surface area contributed by atoms with E-state index >= 15 is 0 Å². The van der Waals surface area contributed by atoms with E-state index in [9.17, 15) is 14.3 Å². The van der Waals surface area contributed by atoms with Crippen LogP contribution in [0.15, 0.2) is 24.5 Å². The summed E-state index contributed by atoms with van der Waals surface area (Å²) < 4.78 is 33.2. The molecule has 9 heteroatoms. The second kappa shape index (κ2) is 42.0. The summed E-state index contributed by atoms with van der Waals surface area (Å²) >= 11 is 0. The van der Waals surface area contributed by atoms with Crippen LogP contribution >= 0.6 is 7.82 Å². The quantitative estimate of drug-likeness (QED) is 0.0207. The second-order valence-electron chi connectivity index (χ2n) is 15.0. The van der Waals surface area contributed by atoms with Crippen molar-refractivity contribution < 1.29 is 32.8 Å². The van der Waals surface area contributed by atoms with Crippen molar-refractivity contribution in [2.45, 2.75) is 225 Å². The topological polar surface area (TPSA) is 117 Å². The van der Waals surface area contributed by atoms with Crippen LogP contribution in [0.2, 0.25) is 0 Å². The third-order valence-electron chi connectivity index (χ3n) is 9.69. The lowest BCUT2D eigenvalue weighted by Crippen LogP contribution is -2.27. The average molecular weight is 772 g/mol. The lowest BCUT2D eigenvalue weighted by Gasteiger charge is -2.19. The van der Waals surface area contributed by atoms with Crippen LogP contribution in [0, 0.1) is 0 Å². The van der Waals surface area contributed by atoms with Gasteiger partial charge in [0.25, 0.3) is 0 Å². The van der Waals surface area contributed by atoms with Gasteiger partial charge in [0, 0.05) is 13.0 Å². The zero-order valence-corrected chi connectivity index (χ0v) is 35.7. The molecule has 0 saturated heterocycles. The molecule has 3 N–H and O–H groups in total. The Hall–Kier alpha value is -1.18. The van der Waals surface area contributed by atoms with Crippen LogP contribution in [0.5, 0.6) is 0 Å². The first-order chi connectivity index (χ1) is 25.9. The molecule has 8 nitrogen and oxygen atoms in total. The van der Waals surface area contributed by atoms with Crippen molar-refractivity contribution >= 4 is 13.8 Å². The Kier molecular flexibility index (Phi) is 41.0. The van der Waals surface area contributed by atoms with Crippen LogP contribution in [0.4, 0.5) is 0 Å². The van der Waals surface area contributed by atoms with E-state index in [0.29, 0.717) is 6.42 Å². The first-order valence-corrected chi connectivity index (χ1v) is 23.9. The largest absolute Gasteiger partial charge is 0.498 e. The minimum Gasteiger partial charge on any atom is -0.498 e. The molecule has 2 atom stereocenters. The van der Waals surface area contributed by atoms with E-state index in [1.807, 2.05) is 6.08 Å². The van der Waals surface area contributed by atoms with Crippen LogP contribution in [0.3, 0.4) is 0 Å². The highest BCUT2D eigenvalue weighted by Crippen LogP contribution is 2.43. The summed E-state index contributed by atoms with van der Waals surface area (Å²) in [7, 11) is -4.29. The summed E-state index contributed by atoms with van der Waals surface area (Å²) in [5.74, 6) is -0.358. The van der Waals surface area contributed by atoms with Crippen molar-refractivity contribution in [2.24, 2.45) is 5.73 Å². The van der Waals surface area contributed by atoms with Crippen molar-refractivity contribution in [3.63, 3.8) is 0 Å². The number of allylic oxidation sites excluding steroid dienone is 3. The number of ether oxygens (including phenoxy) is 2. The molecule has 0 aliphatic rings. The van der Waals surface area contributed by atoms with Crippen molar-refractivity contribution in [1.82, 2.24) is 0 Å². The minimum atomic E-state index is -4.29. The van der Waals surface area contributed by atoms with Gasteiger partial charge in [-0.15, -0.1) is 0 Å². The van der Waals surface area contributed by atoms with Gasteiger partial charge in [-0.3, -0.25) is 13.8 Å². The number of hydrogen-bond donors (Lipinski definition) is 2. The van der Waals surface area contributed by atoms with Crippen molar-refractivity contribution in [3.05, 3.63) is 24.5 Å². The number of unbranched alkanes of at least 4 members (excludes halogenated alkanes) is 28. The average Bonchev–Trinajstić information content (AvgIpc) is 3.15. The first kappa shape index (κ1) is 51.8. The zero-order valence-electron chi connectivity index (χ0n) is 34.8. The molecule has 1 unspecified atom stereocenters. The number of rotatable bonds is 43. The van der Waals surface area contributed by atoms with Crippen molar-refractivity contribution in [3.8, 4) is 0 Å². The molecule has 0 aliphatic carbocycles. The van der Waals surface area contributed by atoms with Crippen LogP contribution in [-0.4, -0.2) is 43.3 Å². The summed E-state index contributed by atoms with van der Waals surface area (Å²) in [5, 5.41) is 0. The van der Waals surface area contributed by atoms with E-state index in [-0.39, 0.29) is 32.3 Å². The van der Waals surface area contributed by atoms with Crippen molar-refractivity contribution in [1.29, 1.82) is 0 Å². The van der Waals surface area contributed by atoms with Crippen LogP contribution in [0.25, 0.3) is 0 Å². The molecule has 0 rings (SSSR count). The summed E-state index contributed by atoms with van der Waals surface area (Å²) in [5.41, 5.74) is 5.36. The second-order valence-corrected chi connectivity index (χ2v) is 16.4. The van der Waals surface area contributed by atoms with E-state index in [1.54, 1.807) is 6.26 Å². The maximum absolute atomic E-state index is 12.6. The monoisotopic (exact) mass is 772 g/mol. The van der Waals surface area contributed by atoms with Gasteiger partial charge in [-0.2, -0.15) is 0 Å². The van der Waals surface area contributed by atoms with Gasteiger partial charge in [-0.25, -0.2) is 4.57 Å². The molecule has 0 amide bonds. The fourth-order valence-corrected chi connectivity index (χ4v) is 7.14. The molecule has 0 aliphatic heterocycles. The molecule has 0 fully saturated rings. The number of carbonyl (C=O) groups is 1. The molecule has 0 heterocycles. The SMILES string of the molecule is CCCCCCCCC/C=C\CCCCCCCC(=O)O[C@H](CO/C=C\CCCCCCCCCCCCCCCCCC)COP(=O)(O)OCCN. The summed E-state index contributed by atoms with van der Waals surface area (Å²) in [6, 6.07) is 0. The highest BCUT2D eigenvalue weighted by Gasteiger charge is 2.25. The number of phosphoric acid groups is 1. The maximum Gasteiger partial charge on any atom is 0.472 e. The molecular weight excluding hydrogens is 685 g/mol. The van der Waals surface area contributed by atoms with Gasteiger partial charge in [0.2, 0.25) is 0 Å². The number of phosphoric ester groups is 1. The van der Waals surface area contributed by atoms with Crippen LogP contribution < -0.4 is 5.73 Å². The molecule has 0 aromatic heterocycles. The van der Waals surface area contributed by atoms with Gasteiger partial charge >= 0.3 is 13.8 Å². The number of esters is 1. The van der Waals surface area contributed by atoms with Gasteiger partial charge in [0.05, 0.1) is 19.5 Å². The minimum absolute atomic E-state index is 0.0323. The van der Waals surface area contributed by atoms with E-state index < -0.39 is 13.9 Å². The third kappa shape index (κ3) is 41.8. The Bertz CT molecular complexity index is 869. The van der Waals surface area contributed by atoms with E-state index in [4.69, 9.17) is 24.3 Å². The van der Waals surface area contributed by atoms with Crippen molar-refractivity contribution in [2.75, 3.05) is 26.4 Å². The standard InChI is InChI=1S/C44H86NO7P/c1-3-5-7-9-11-13-15-17-19-21-22-24-26-28-30-32-34-36-39-49-41-43(42-51-53(47,48)50-40-38-45)52-44(46)37-35-33-31-29-27-25-23-20-18-16-14-12-10-8-6-4-2/h20,23,36,39,43H,3-19,21-22,24-35,37-38,40-42,45H2,1-2H3,(H,47,48)/b23-20-,39-36-/t43-/m1/s1. The highest BCUT2D eigenvalue weighted by molar-refractivity contribution is 7.47. The molecule has 314 valence electrons. The molecule has 0 aromatic rings. The summed E-state index contributed by atoms with van der Waals surface area (Å²) in [6.45, 7) is 4.26. The van der Waals surface area contributed by atoms with E-state index in [0.717, 1.165) is 44.9 Å². The molecular formula is C44H86NO7P. The zero-order chi connectivity index (χ0) is 38.8. The Morgan fingerprint density at radius 1 is 0.566 bits per heavy atom. The number of nitrogens with two attached hydrogens (primary N) is 1. The molecule has 0 bridgehead atoms. The summed E-state index contributed by atoms with van der Waals surface area (Å²) in [6.07, 6.45) is 47.2. The first-order valence-electron chi connectivity index (χ1n) is 22.4. The fourth-order valence-electron chi connectivity index (χ4n) is 6.37. The highest BCUT2D eigenvalue weighted by atomic mass is 31.2. The van der Waals surface area contributed by atoms with Crippen LogP contribution in [-0.2, 0) is 27.9 Å². The van der Waals surface area contributed by atoms with Gasteiger partial charge in [0.1, 0.15) is 6.61 Å². The van der Waals surface area contributed by atoms with Gasteiger partial charge < -0.3 is 20.1 Å². The predicted molar refractivity (Wildman–Crippen MR) is 224 cm³/mol. The smallest absolute Gasteiger partial charge is 0.472 e. The lowest BCUT2D eigenvalue weighted by molar-refractivity contribution is -0.153. The molecule has 0 spiro atoms. The van der Waals surface area contributed by atoms with Gasteiger partial charge in [-0.1, -0.05) is 180 Å². The van der Waals surface area contributed by atoms with E-state index in [2.05, 4.69) is 26.0 Å². The normalized spacial score (nSPS) is 13.6. The van der Waals surface area contributed by atoms with Crippen LogP contribution in [0.1, 0.15) is 219 Å². The fraction of sp³-hybridized carbons (Fsp3) is 0.886. The Balaban J connectivity index is 4.05. The number of carbonyl (C=O) groups excluding carboxylic acids is 1. The Morgan fingerprint density at radius 2 is 0.962 bits per heavy atom. The predicted octanol–water partition coefficient (Wildman–Crippen LogP) is 13.6. The lowest BCUT2D eigenvalue weighted by atomic mass is 10.0.